The molecule has 3 unspecified atom stereocenters. The Balaban J connectivity index is 1.43. The highest BCUT2D eigenvalue weighted by molar-refractivity contribution is 6.07. The molecule has 0 bridgehead atoms. The van der Waals surface area contributed by atoms with E-state index in [1.165, 1.54) is 14.0 Å². The summed E-state index contributed by atoms with van der Waals surface area (Å²) in [5.74, 6) is -3.84. The molecule has 1 aromatic carbocycles. The summed E-state index contributed by atoms with van der Waals surface area (Å²) in [7, 11) is 7.19. The summed E-state index contributed by atoms with van der Waals surface area (Å²) < 4.78 is 49.8. The second kappa shape index (κ2) is 19.3. The number of halogens is 1. The summed E-state index contributed by atoms with van der Waals surface area (Å²) in [6.45, 7) is 15.0. The van der Waals surface area contributed by atoms with Gasteiger partial charge in [-0.05, 0) is 106 Å². The predicted molar refractivity (Wildman–Crippen MR) is 227 cm³/mol. The molecule has 0 saturated carbocycles. The van der Waals surface area contributed by atoms with E-state index in [9.17, 15) is 19.5 Å². The molecule has 1 amide bonds. The van der Waals surface area contributed by atoms with Crippen LogP contribution in [0.2, 0.25) is 0 Å². The van der Waals surface area contributed by atoms with Crippen molar-refractivity contribution in [3.05, 3.63) is 30.5 Å². The van der Waals surface area contributed by atoms with Crippen LogP contribution in [-0.4, -0.2) is 160 Å². The number of hydrogen-bond acceptors (Lipinski definition) is 14. The minimum atomic E-state index is -3.13. The molecule has 1 aromatic heterocycles. The van der Waals surface area contributed by atoms with Crippen molar-refractivity contribution in [2.75, 3.05) is 47.1 Å². The van der Waals surface area contributed by atoms with Gasteiger partial charge in [0, 0.05) is 56.0 Å². The number of aliphatic hydroxyl groups excluding tert-OH is 1. The number of carbonyl (C=O) groups excluding carboxylic acids is 3. The molecule has 342 valence electrons. The Morgan fingerprint density at radius 3 is 2.41 bits per heavy atom. The first kappa shape index (κ1) is 48.3. The number of nitrogens with two attached hydrogens (primary N) is 1. The molecule has 3 aliphatic heterocycles. The Labute approximate surface area is 360 Å². The normalized spacial score (nSPS) is 37.2. The fraction of sp³-hybridized carbons (Fsp3) is 0.750. The van der Waals surface area contributed by atoms with Gasteiger partial charge >= 0.3 is 12.1 Å². The average Bonchev–Trinajstić information content (AvgIpc) is 3.78. The van der Waals surface area contributed by atoms with E-state index >= 15 is 4.39 Å². The molecule has 3 fully saturated rings. The van der Waals surface area contributed by atoms with Crippen LogP contribution in [0.4, 0.5) is 14.9 Å². The number of fused-ring (bicyclic) bond motifs is 1. The number of rotatable bonds is 11. The second-order valence-corrected chi connectivity index (χ2v) is 18.5. The monoisotopic (exact) mass is 860 g/mol. The molecule has 16 nitrogen and oxygen atoms in total. The van der Waals surface area contributed by atoms with Crippen LogP contribution in [-0.2, 0) is 39.8 Å². The third kappa shape index (κ3) is 10.2. The molecule has 13 atom stereocenters. The fourth-order valence-corrected chi connectivity index (χ4v) is 9.82. The Morgan fingerprint density at radius 2 is 1.77 bits per heavy atom. The first-order valence-electron chi connectivity index (χ1n) is 21.7. The van der Waals surface area contributed by atoms with E-state index in [-0.39, 0.29) is 30.5 Å². The zero-order valence-corrected chi connectivity index (χ0v) is 38.2. The van der Waals surface area contributed by atoms with Gasteiger partial charge in [0.05, 0.1) is 30.0 Å². The van der Waals surface area contributed by atoms with Crippen LogP contribution < -0.4 is 5.73 Å². The number of alkyl halides is 1. The molecule has 17 heteroatoms. The number of ketones is 1. The summed E-state index contributed by atoms with van der Waals surface area (Å²) in [4.78, 5) is 48.0. The van der Waals surface area contributed by atoms with Gasteiger partial charge in [0.1, 0.15) is 17.9 Å². The number of hydrogen-bond donors (Lipinski definition) is 2. The number of cyclic esters (lactones) is 1. The van der Waals surface area contributed by atoms with Crippen molar-refractivity contribution in [3.8, 4) is 11.3 Å². The van der Waals surface area contributed by atoms with Crippen molar-refractivity contribution in [3.63, 3.8) is 0 Å². The molecule has 0 aliphatic carbocycles. The van der Waals surface area contributed by atoms with Crippen molar-refractivity contribution in [1.82, 2.24) is 29.7 Å². The van der Waals surface area contributed by atoms with Gasteiger partial charge in [0.2, 0.25) is 0 Å². The molecule has 3 N–H and O–H groups in total. The van der Waals surface area contributed by atoms with Gasteiger partial charge < -0.3 is 44.3 Å². The predicted octanol–water partition coefficient (Wildman–Crippen LogP) is 4.72. The van der Waals surface area contributed by atoms with E-state index in [0.717, 1.165) is 12.5 Å². The number of Topliss-reactive ketones (excluding diaryl/α,β-unsaturated/α-hetero) is 1. The number of nitrogen functional groups attached to an aromatic ring is 1. The van der Waals surface area contributed by atoms with Crippen LogP contribution in [0.5, 0.6) is 0 Å². The van der Waals surface area contributed by atoms with E-state index in [2.05, 4.69) is 22.1 Å². The Hall–Kier alpha value is -3.74. The van der Waals surface area contributed by atoms with Gasteiger partial charge in [-0.3, -0.25) is 14.4 Å². The number of aliphatic hydroxyl groups is 1. The van der Waals surface area contributed by atoms with Crippen LogP contribution in [0.1, 0.15) is 87.5 Å². The molecular formula is C44H70FN7O9. The number of esters is 1. The number of methoxy groups -OCH3 is 1. The van der Waals surface area contributed by atoms with Gasteiger partial charge in [0.25, 0.3) is 5.67 Å². The quantitative estimate of drug-likeness (QED) is 0.137. The number of carbonyl (C=O) groups is 3. The lowest BCUT2D eigenvalue weighted by Gasteiger charge is -2.47. The Kier molecular flexibility index (Phi) is 15.3. The zero-order chi connectivity index (χ0) is 45.2. The fourth-order valence-electron chi connectivity index (χ4n) is 9.82. The smallest absolute Gasteiger partial charge is 0.410 e. The van der Waals surface area contributed by atoms with Gasteiger partial charge in [-0.25, -0.2) is 14.0 Å². The van der Waals surface area contributed by atoms with Crippen molar-refractivity contribution >= 4 is 23.5 Å². The van der Waals surface area contributed by atoms with Gasteiger partial charge in [-0.15, -0.1) is 5.10 Å². The molecule has 5 rings (SSSR count). The number of anilines is 1. The van der Waals surface area contributed by atoms with Crippen molar-refractivity contribution in [2.45, 2.75) is 160 Å². The zero-order valence-electron chi connectivity index (χ0n) is 38.2. The maximum Gasteiger partial charge on any atom is 0.410 e. The summed E-state index contributed by atoms with van der Waals surface area (Å²) in [5.41, 5.74) is 2.38. The highest BCUT2D eigenvalue weighted by Gasteiger charge is 2.61. The largest absolute Gasteiger partial charge is 0.455 e. The Morgan fingerprint density at radius 1 is 1.08 bits per heavy atom. The third-order valence-electron chi connectivity index (χ3n) is 13.3. The van der Waals surface area contributed by atoms with Gasteiger partial charge in [0.15, 0.2) is 17.7 Å². The number of likely N-dealkylation sites (N-methyl/N-ethyl adjacent to an activating group) is 2. The number of ether oxygens (including phenoxy) is 5. The van der Waals surface area contributed by atoms with Crippen molar-refractivity contribution in [1.29, 1.82) is 0 Å². The van der Waals surface area contributed by atoms with Crippen LogP contribution in [0.15, 0.2) is 30.5 Å². The van der Waals surface area contributed by atoms with Crippen molar-refractivity contribution in [2.24, 2.45) is 11.8 Å². The summed E-state index contributed by atoms with van der Waals surface area (Å²) in [6, 6.07) is 6.14. The highest BCUT2D eigenvalue weighted by Crippen LogP contribution is 2.42. The molecule has 0 radical (unpaired) electrons. The van der Waals surface area contributed by atoms with Gasteiger partial charge in [-0.1, -0.05) is 38.1 Å². The molecule has 4 heterocycles. The molecule has 3 aliphatic rings. The summed E-state index contributed by atoms with van der Waals surface area (Å²) >= 11 is 0. The number of aromatic nitrogens is 3. The molecule has 0 spiro atoms. The van der Waals surface area contributed by atoms with Crippen LogP contribution in [0, 0.1) is 11.8 Å². The highest BCUT2D eigenvalue weighted by atomic mass is 19.1. The number of benzene rings is 1. The SMILES string of the molecule is CC[C@H]1OC(=O)C(C)(F)C(=O)[C@@H](C)[C@@H](O[C@@H]2O[C@H](C)CC(N(C)C)C2O)[C@](C)(OC)C[C@@H](C)CN(C)[C@H](C)[C@H]2N(CCCCn3cc(-c4cccc(N)c4)nn3)C(=O)O[C@]12C. The van der Waals surface area contributed by atoms with Gasteiger partial charge in [-0.2, -0.15) is 0 Å². The maximum atomic E-state index is 17.0. The van der Waals surface area contributed by atoms with E-state index in [1.54, 1.807) is 30.4 Å². The molecule has 3 saturated heterocycles. The third-order valence-corrected chi connectivity index (χ3v) is 13.3. The molecular weight excluding hydrogens is 790 g/mol. The molecule has 61 heavy (non-hydrogen) atoms. The topological polar surface area (TPSA) is 184 Å². The van der Waals surface area contributed by atoms with E-state index in [1.807, 2.05) is 70.4 Å². The number of amides is 1. The number of nitrogens with zero attached hydrogens (tertiary/aromatic N) is 6. The first-order valence-corrected chi connectivity index (χ1v) is 21.7. The van der Waals surface area contributed by atoms with E-state index in [0.29, 0.717) is 56.7 Å². The van der Waals surface area contributed by atoms with Crippen LogP contribution >= 0.6 is 0 Å². The molecule has 2 aromatic rings. The average molecular weight is 860 g/mol. The van der Waals surface area contributed by atoms with E-state index in [4.69, 9.17) is 29.4 Å². The lowest BCUT2D eigenvalue weighted by Crippen LogP contribution is -2.61. The van der Waals surface area contributed by atoms with E-state index < -0.39 is 71.3 Å². The summed E-state index contributed by atoms with van der Waals surface area (Å²) in [6.07, 6.45) is -1.22. The maximum absolute atomic E-state index is 17.0. The first-order chi connectivity index (χ1) is 28.6. The number of unbranched alkanes of at least 4 members (excludes halogenated alkanes) is 1. The lowest BCUT2D eigenvalue weighted by molar-refractivity contribution is -0.295. The lowest BCUT2D eigenvalue weighted by atomic mass is 9.77. The second-order valence-electron chi connectivity index (χ2n) is 18.5. The Bertz CT molecular complexity index is 1830. The van der Waals surface area contributed by atoms with Crippen LogP contribution in [0.25, 0.3) is 11.3 Å². The minimum absolute atomic E-state index is 0.101. The number of aryl methyl sites for hydroxylation is 1. The van der Waals surface area contributed by atoms with Crippen LogP contribution in [0.3, 0.4) is 0 Å². The standard InChI is InChI=1S/C44H70FN7O9/c1-13-34-44(8)36(52(41(56)61-44)20-15-14-19-51-25-32(47-48-51)30-17-16-18-31(46)22-30)29(5)50(11)24-26(2)23-42(6,57-12)38(28(4)37(54)43(7,45)40(55)59-34)60-39-35(53)33(49(9)10)21-27(3)58-39/h16-18,22,25-29,33-36,38-39,53H,13-15,19-21,23-24,46H2,1-12H3/t26-,27-,28-,29-,33?,34-,35?,36-,38-,39+,42-,43?,44-/m1/s1. The van der Waals surface area contributed by atoms with Crippen molar-refractivity contribution < 1.29 is 47.6 Å². The summed E-state index contributed by atoms with van der Waals surface area (Å²) in [5, 5.41) is 20.0. The minimum Gasteiger partial charge on any atom is -0.455 e.